The highest BCUT2D eigenvalue weighted by atomic mass is 16.2. The molecule has 1 aromatic carbocycles. The summed E-state index contributed by atoms with van der Waals surface area (Å²) in [4.78, 5) is 13.6. The second-order valence-electron chi connectivity index (χ2n) is 4.28. The number of amides is 1. The van der Waals surface area contributed by atoms with Gasteiger partial charge in [0.05, 0.1) is 11.4 Å². The summed E-state index contributed by atoms with van der Waals surface area (Å²) in [6.07, 6.45) is 1.01. The Morgan fingerprint density at radius 2 is 2.07 bits per heavy atom. The zero-order valence-corrected chi connectivity index (χ0v) is 9.10. The molecule has 1 aliphatic rings. The fourth-order valence-electron chi connectivity index (χ4n) is 1.83. The lowest BCUT2D eigenvalue weighted by Crippen LogP contribution is -2.28. The smallest absolute Gasteiger partial charge is 0.230 e. The second-order valence-corrected chi connectivity index (χ2v) is 4.28. The van der Waals surface area contributed by atoms with E-state index in [2.05, 4.69) is 6.92 Å². The fourth-order valence-corrected chi connectivity index (χ4v) is 1.83. The van der Waals surface area contributed by atoms with Crippen LogP contribution >= 0.6 is 0 Å². The molecule has 3 heteroatoms. The number of hydrogen-bond donors (Lipinski definition) is 1. The van der Waals surface area contributed by atoms with Gasteiger partial charge in [-0.3, -0.25) is 4.79 Å². The average molecular weight is 204 g/mol. The third-order valence-corrected chi connectivity index (χ3v) is 3.06. The van der Waals surface area contributed by atoms with Crippen LogP contribution in [-0.4, -0.2) is 13.0 Å². The van der Waals surface area contributed by atoms with E-state index in [1.54, 1.807) is 11.9 Å². The summed E-state index contributed by atoms with van der Waals surface area (Å²) in [5.41, 5.74) is 7.28. The van der Waals surface area contributed by atoms with Gasteiger partial charge in [0, 0.05) is 13.0 Å². The van der Waals surface area contributed by atoms with Crippen molar-refractivity contribution >= 4 is 17.3 Å². The standard InChI is InChI=1S/C12H16N2O/c1-8-7-9(8)12(15)14(2)11-6-4-3-5-10(11)13/h3-6,8-9H,7,13H2,1-2H3. The molecule has 2 atom stereocenters. The summed E-state index contributed by atoms with van der Waals surface area (Å²) in [7, 11) is 1.79. The molecular weight excluding hydrogens is 188 g/mol. The van der Waals surface area contributed by atoms with Gasteiger partial charge in [0.15, 0.2) is 0 Å². The predicted molar refractivity (Wildman–Crippen MR) is 61.5 cm³/mol. The van der Waals surface area contributed by atoms with Crippen molar-refractivity contribution in [3.8, 4) is 0 Å². The van der Waals surface area contributed by atoms with Crippen molar-refractivity contribution in [2.45, 2.75) is 13.3 Å². The van der Waals surface area contributed by atoms with Crippen molar-refractivity contribution in [2.24, 2.45) is 11.8 Å². The van der Waals surface area contributed by atoms with Crippen LogP contribution in [-0.2, 0) is 4.79 Å². The number of nitrogens with zero attached hydrogens (tertiary/aromatic N) is 1. The Morgan fingerprint density at radius 1 is 1.47 bits per heavy atom. The number of carbonyl (C=O) groups is 1. The highest BCUT2D eigenvalue weighted by molar-refractivity contribution is 5.98. The number of anilines is 2. The second kappa shape index (κ2) is 3.57. The van der Waals surface area contributed by atoms with E-state index in [1.165, 1.54) is 0 Å². The van der Waals surface area contributed by atoms with Gasteiger partial charge in [0.25, 0.3) is 0 Å². The van der Waals surface area contributed by atoms with Gasteiger partial charge in [-0.2, -0.15) is 0 Å². The molecule has 3 nitrogen and oxygen atoms in total. The summed E-state index contributed by atoms with van der Waals surface area (Å²) in [5.74, 6) is 0.917. The van der Waals surface area contributed by atoms with Crippen LogP contribution in [0, 0.1) is 11.8 Å². The van der Waals surface area contributed by atoms with Gasteiger partial charge in [-0.1, -0.05) is 19.1 Å². The van der Waals surface area contributed by atoms with Crippen LogP contribution < -0.4 is 10.6 Å². The number of nitrogens with two attached hydrogens (primary N) is 1. The number of carbonyl (C=O) groups excluding carboxylic acids is 1. The molecule has 0 spiro atoms. The Balaban J connectivity index is 2.17. The van der Waals surface area contributed by atoms with E-state index in [9.17, 15) is 4.79 Å². The molecule has 0 aromatic heterocycles. The van der Waals surface area contributed by atoms with Gasteiger partial charge in [-0.25, -0.2) is 0 Å². The molecule has 0 heterocycles. The first kappa shape index (κ1) is 10.0. The summed E-state index contributed by atoms with van der Waals surface area (Å²) in [5, 5.41) is 0. The number of hydrogen-bond acceptors (Lipinski definition) is 2. The van der Waals surface area contributed by atoms with E-state index in [1.807, 2.05) is 24.3 Å². The topological polar surface area (TPSA) is 46.3 Å². The Hall–Kier alpha value is -1.51. The number of nitrogen functional groups attached to an aromatic ring is 1. The Kier molecular flexibility index (Phi) is 2.39. The number of rotatable bonds is 2. The zero-order chi connectivity index (χ0) is 11.0. The molecule has 0 aliphatic heterocycles. The van der Waals surface area contributed by atoms with E-state index in [4.69, 9.17) is 5.73 Å². The Bertz CT molecular complexity index is 389. The number of benzene rings is 1. The molecule has 80 valence electrons. The first-order valence-electron chi connectivity index (χ1n) is 5.23. The quantitative estimate of drug-likeness (QED) is 0.748. The highest BCUT2D eigenvalue weighted by Gasteiger charge is 2.41. The highest BCUT2D eigenvalue weighted by Crippen LogP contribution is 2.40. The lowest BCUT2D eigenvalue weighted by Gasteiger charge is -2.19. The normalized spacial score (nSPS) is 23.6. The molecular formula is C12H16N2O. The number of para-hydroxylation sites is 2. The average Bonchev–Trinajstić information content (AvgIpc) is 2.94. The molecule has 15 heavy (non-hydrogen) atoms. The Morgan fingerprint density at radius 3 is 2.60 bits per heavy atom. The maximum atomic E-state index is 11.9. The van der Waals surface area contributed by atoms with Crippen LogP contribution in [0.5, 0.6) is 0 Å². The zero-order valence-electron chi connectivity index (χ0n) is 9.10. The fraction of sp³-hybridized carbons (Fsp3) is 0.417. The minimum atomic E-state index is 0.181. The van der Waals surface area contributed by atoms with Crippen LogP contribution in [0.4, 0.5) is 11.4 Å². The van der Waals surface area contributed by atoms with Crippen LogP contribution in [0.15, 0.2) is 24.3 Å². The largest absolute Gasteiger partial charge is 0.397 e. The van der Waals surface area contributed by atoms with Gasteiger partial charge < -0.3 is 10.6 Å². The van der Waals surface area contributed by atoms with Gasteiger partial charge in [-0.15, -0.1) is 0 Å². The third-order valence-electron chi connectivity index (χ3n) is 3.06. The Labute approximate surface area is 89.9 Å². The maximum absolute atomic E-state index is 11.9. The lowest BCUT2D eigenvalue weighted by molar-refractivity contribution is -0.119. The predicted octanol–water partition coefficient (Wildman–Crippen LogP) is 1.89. The molecule has 1 amide bonds. The van der Waals surface area contributed by atoms with E-state index in [0.29, 0.717) is 11.6 Å². The molecule has 2 rings (SSSR count). The van der Waals surface area contributed by atoms with Gasteiger partial charge in [0.2, 0.25) is 5.91 Å². The van der Waals surface area contributed by atoms with Crippen molar-refractivity contribution in [2.75, 3.05) is 17.7 Å². The molecule has 1 fully saturated rings. The van der Waals surface area contributed by atoms with Crippen LogP contribution in [0.25, 0.3) is 0 Å². The summed E-state index contributed by atoms with van der Waals surface area (Å²) in [6, 6.07) is 7.46. The van der Waals surface area contributed by atoms with Crippen molar-refractivity contribution < 1.29 is 4.79 Å². The molecule has 0 bridgehead atoms. The maximum Gasteiger partial charge on any atom is 0.230 e. The van der Waals surface area contributed by atoms with E-state index >= 15 is 0 Å². The molecule has 2 N–H and O–H groups in total. The first-order chi connectivity index (χ1) is 7.11. The van der Waals surface area contributed by atoms with E-state index < -0.39 is 0 Å². The van der Waals surface area contributed by atoms with Crippen molar-refractivity contribution in [3.05, 3.63) is 24.3 Å². The molecule has 0 radical (unpaired) electrons. The molecule has 1 aliphatic carbocycles. The van der Waals surface area contributed by atoms with Gasteiger partial charge >= 0.3 is 0 Å². The van der Waals surface area contributed by atoms with Crippen LogP contribution in [0.3, 0.4) is 0 Å². The van der Waals surface area contributed by atoms with Crippen molar-refractivity contribution in [3.63, 3.8) is 0 Å². The SMILES string of the molecule is CC1CC1C(=O)N(C)c1ccccc1N. The van der Waals surface area contributed by atoms with Crippen molar-refractivity contribution in [1.29, 1.82) is 0 Å². The van der Waals surface area contributed by atoms with Crippen LogP contribution in [0.1, 0.15) is 13.3 Å². The van der Waals surface area contributed by atoms with Crippen molar-refractivity contribution in [1.82, 2.24) is 0 Å². The molecule has 1 aromatic rings. The monoisotopic (exact) mass is 204 g/mol. The van der Waals surface area contributed by atoms with Gasteiger partial charge in [0.1, 0.15) is 0 Å². The summed E-state index contributed by atoms with van der Waals surface area (Å²) >= 11 is 0. The molecule has 0 saturated heterocycles. The third kappa shape index (κ3) is 1.82. The molecule has 1 saturated carbocycles. The lowest BCUT2D eigenvalue weighted by atomic mass is 10.2. The minimum Gasteiger partial charge on any atom is -0.397 e. The van der Waals surface area contributed by atoms with Gasteiger partial charge in [-0.05, 0) is 24.5 Å². The summed E-state index contributed by atoms with van der Waals surface area (Å²) < 4.78 is 0. The summed E-state index contributed by atoms with van der Waals surface area (Å²) in [6.45, 7) is 2.10. The van der Waals surface area contributed by atoms with Crippen LogP contribution in [0.2, 0.25) is 0 Å². The van der Waals surface area contributed by atoms with E-state index in [0.717, 1.165) is 12.1 Å². The minimum absolute atomic E-state index is 0.181. The first-order valence-corrected chi connectivity index (χ1v) is 5.23. The molecule has 2 unspecified atom stereocenters. The van der Waals surface area contributed by atoms with E-state index in [-0.39, 0.29) is 11.8 Å².